The highest BCUT2D eigenvalue weighted by atomic mass is 28.4. The number of rotatable bonds is 7. The van der Waals surface area contributed by atoms with Crippen molar-refractivity contribution in [2.75, 3.05) is 6.54 Å². The summed E-state index contributed by atoms with van der Waals surface area (Å²) in [7, 11) is -4.50. The highest BCUT2D eigenvalue weighted by Crippen LogP contribution is 2.43. The van der Waals surface area contributed by atoms with Gasteiger partial charge in [0.15, 0.2) is 16.6 Å². The Labute approximate surface area is 208 Å². The van der Waals surface area contributed by atoms with Gasteiger partial charge >= 0.3 is 0 Å². The normalized spacial score (nSPS) is 22.4. The van der Waals surface area contributed by atoms with Gasteiger partial charge in [0.05, 0.1) is 17.9 Å². The summed E-state index contributed by atoms with van der Waals surface area (Å²) in [4.78, 5) is 28.7. The predicted molar refractivity (Wildman–Crippen MR) is 141 cm³/mol. The Balaban J connectivity index is 2.57. The van der Waals surface area contributed by atoms with Crippen molar-refractivity contribution >= 4 is 28.4 Å². The minimum atomic E-state index is -2.29. The fraction of sp³-hybridized carbons (Fsp3) is 0.760. The van der Waals surface area contributed by atoms with Crippen LogP contribution in [-0.2, 0) is 13.6 Å². The summed E-state index contributed by atoms with van der Waals surface area (Å²) in [5.41, 5.74) is 0.418. The first kappa shape index (κ1) is 28.8. The van der Waals surface area contributed by atoms with Gasteiger partial charge in [-0.25, -0.2) is 0 Å². The van der Waals surface area contributed by atoms with E-state index in [1.165, 1.54) is 12.5 Å². The van der Waals surface area contributed by atoms with Gasteiger partial charge in [0.1, 0.15) is 18.4 Å². The van der Waals surface area contributed by atoms with E-state index in [0.29, 0.717) is 12.1 Å². The second-order valence-electron chi connectivity index (χ2n) is 12.8. The number of furan rings is 1. The fourth-order valence-corrected chi connectivity index (χ4v) is 6.16. The lowest BCUT2D eigenvalue weighted by atomic mass is 10.1. The van der Waals surface area contributed by atoms with Crippen molar-refractivity contribution in [2.45, 2.75) is 116 Å². The van der Waals surface area contributed by atoms with Crippen LogP contribution in [0.5, 0.6) is 0 Å². The fourth-order valence-electron chi connectivity index (χ4n) is 3.53. The lowest BCUT2D eigenvalue weighted by Crippen LogP contribution is -2.57. The van der Waals surface area contributed by atoms with Gasteiger partial charge in [0.25, 0.3) is 5.91 Å². The standard InChI is InChI=1S/C25H46N2O5Si2/c1-17(2)26-22(28)20-21(32-34(11,12)25(6,7)8)19(31-33(9,10)24(3,4)5)15-27(20)23(29)18-13-14-30-16-18/h13-14,16-17,19-21H,15H2,1-12H3,(H,26,28)/t19-,20?,21+/m0/s1. The molecule has 0 aliphatic carbocycles. The highest BCUT2D eigenvalue weighted by Gasteiger charge is 2.55. The zero-order chi connectivity index (χ0) is 26.3. The van der Waals surface area contributed by atoms with E-state index in [-0.39, 0.29) is 27.9 Å². The third kappa shape index (κ3) is 6.22. The third-order valence-corrected chi connectivity index (χ3v) is 16.6. The Kier molecular flexibility index (Phi) is 8.40. The van der Waals surface area contributed by atoms with E-state index >= 15 is 0 Å². The van der Waals surface area contributed by atoms with Gasteiger partial charge in [-0.15, -0.1) is 0 Å². The van der Waals surface area contributed by atoms with Crippen LogP contribution >= 0.6 is 0 Å². The first-order chi connectivity index (χ1) is 15.3. The molecule has 9 heteroatoms. The molecule has 34 heavy (non-hydrogen) atoms. The lowest BCUT2D eigenvalue weighted by molar-refractivity contribution is -0.128. The number of nitrogens with one attached hydrogen (secondary N) is 1. The molecule has 0 saturated carbocycles. The first-order valence-electron chi connectivity index (χ1n) is 12.3. The lowest BCUT2D eigenvalue weighted by Gasteiger charge is -2.43. The van der Waals surface area contributed by atoms with Crippen molar-refractivity contribution in [3.63, 3.8) is 0 Å². The van der Waals surface area contributed by atoms with Gasteiger partial charge in [-0.2, -0.15) is 0 Å². The SMILES string of the molecule is CC(C)NC(=O)C1[C@H](O[Si](C)(C)C(C)(C)C)[C@@H](O[Si](C)(C)C(C)(C)C)CN1C(=O)c1ccoc1. The molecule has 3 atom stereocenters. The maximum Gasteiger partial charge on any atom is 0.257 e. The predicted octanol–water partition coefficient (Wildman–Crippen LogP) is 5.41. The molecular formula is C25H46N2O5Si2. The quantitative estimate of drug-likeness (QED) is 0.496. The topological polar surface area (TPSA) is 81.0 Å². The van der Waals surface area contributed by atoms with Crippen molar-refractivity contribution in [3.05, 3.63) is 24.2 Å². The summed E-state index contributed by atoms with van der Waals surface area (Å²) in [6, 6.07) is 0.784. The van der Waals surface area contributed by atoms with Crippen LogP contribution in [0.4, 0.5) is 0 Å². The molecule has 1 aliphatic rings. The molecule has 0 bridgehead atoms. The molecule has 1 unspecified atom stereocenters. The summed E-state index contributed by atoms with van der Waals surface area (Å²) in [6.45, 7) is 26.0. The number of hydrogen-bond acceptors (Lipinski definition) is 5. The van der Waals surface area contributed by atoms with Gasteiger partial charge in [-0.05, 0) is 56.2 Å². The molecular weight excluding hydrogens is 464 g/mol. The molecule has 1 aromatic heterocycles. The van der Waals surface area contributed by atoms with Crippen LogP contribution in [-0.4, -0.2) is 64.2 Å². The van der Waals surface area contributed by atoms with Crippen LogP contribution in [0.1, 0.15) is 65.7 Å². The van der Waals surface area contributed by atoms with E-state index in [4.69, 9.17) is 13.3 Å². The Hall–Kier alpha value is -1.43. The van der Waals surface area contributed by atoms with Gasteiger partial charge < -0.3 is 23.5 Å². The van der Waals surface area contributed by atoms with Crippen LogP contribution < -0.4 is 5.32 Å². The minimum Gasteiger partial charge on any atom is -0.472 e. The van der Waals surface area contributed by atoms with Crippen molar-refractivity contribution in [1.29, 1.82) is 0 Å². The van der Waals surface area contributed by atoms with E-state index in [1.807, 2.05) is 13.8 Å². The Morgan fingerprint density at radius 1 is 1.03 bits per heavy atom. The summed E-state index contributed by atoms with van der Waals surface area (Å²) in [5.74, 6) is -0.459. The number of likely N-dealkylation sites (tertiary alicyclic amines) is 1. The van der Waals surface area contributed by atoms with Crippen LogP contribution in [0.15, 0.2) is 23.0 Å². The summed E-state index contributed by atoms with van der Waals surface area (Å²) in [5, 5.41) is 2.94. The second-order valence-corrected chi connectivity index (χ2v) is 22.3. The molecule has 2 amide bonds. The molecule has 2 heterocycles. The summed E-state index contributed by atoms with van der Waals surface area (Å²) < 4.78 is 18.9. The smallest absolute Gasteiger partial charge is 0.257 e. The van der Waals surface area contributed by atoms with Crippen molar-refractivity contribution in [2.24, 2.45) is 0 Å². The minimum absolute atomic E-state index is 0.0216. The molecule has 1 aliphatic heterocycles. The first-order valence-corrected chi connectivity index (χ1v) is 18.1. The monoisotopic (exact) mass is 510 g/mol. The molecule has 0 spiro atoms. The van der Waals surface area contributed by atoms with Crippen molar-refractivity contribution in [3.8, 4) is 0 Å². The number of carbonyl (C=O) groups excluding carboxylic acids is 2. The summed E-state index contributed by atoms with van der Waals surface area (Å²) in [6.07, 6.45) is 1.95. The van der Waals surface area contributed by atoms with Crippen LogP contribution in [0.3, 0.4) is 0 Å². The molecule has 1 saturated heterocycles. The van der Waals surface area contributed by atoms with Crippen LogP contribution in [0.2, 0.25) is 36.3 Å². The zero-order valence-corrected chi connectivity index (χ0v) is 25.2. The van der Waals surface area contributed by atoms with Gasteiger partial charge in [-0.1, -0.05) is 41.5 Å². The average molecular weight is 511 g/mol. The Bertz CT molecular complexity index is 854. The zero-order valence-electron chi connectivity index (χ0n) is 23.2. The largest absolute Gasteiger partial charge is 0.472 e. The van der Waals surface area contributed by atoms with E-state index in [9.17, 15) is 9.59 Å². The maximum atomic E-state index is 13.6. The number of nitrogens with zero attached hydrogens (tertiary/aromatic N) is 1. The Morgan fingerprint density at radius 3 is 2.00 bits per heavy atom. The molecule has 7 nitrogen and oxygen atoms in total. The van der Waals surface area contributed by atoms with Crippen LogP contribution in [0, 0.1) is 0 Å². The summed E-state index contributed by atoms with van der Waals surface area (Å²) >= 11 is 0. The molecule has 194 valence electrons. The van der Waals surface area contributed by atoms with Crippen molar-refractivity contribution < 1.29 is 22.9 Å². The molecule has 1 aromatic rings. The third-order valence-electron chi connectivity index (χ3n) is 7.61. The maximum absolute atomic E-state index is 13.6. The van der Waals surface area contributed by atoms with E-state index in [2.05, 4.69) is 73.0 Å². The van der Waals surface area contributed by atoms with Gasteiger partial charge in [-0.3, -0.25) is 9.59 Å². The van der Waals surface area contributed by atoms with Gasteiger partial charge in [0, 0.05) is 12.6 Å². The van der Waals surface area contributed by atoms with E-state index in [0.717, 1.165) is 0 Å². The van der Waals surface area contributed by atoms with Crippen LogP contribution in [0.25, 0.3) is 0 Å². The van der Waals surface area contributed by atoms with E-state index < -0.39 is 34.9 Å². The Morgan fingerprint density at radius 2 is 1.56 bits per heavy atom. The molecule has 1 N–H and O–H groups in total. The van der Waals surface area contributed by atoms with Gasteiger partial charge in [0.2, 0.25) is 5.91 Å². The van der Waals surface area contributed by atoms with E-state index in [1.54, 1.807) is 11.0 Å². The molecule has 0 radical (unpaired) electrons. The molecule has 1 fully saturated rings. The highest BCUT2D eigenvalue weighted by molar-refractivity contribution is 6.74. The van der Waals surface area contributed by atoms with Crippen molar-refractivity contribution in [1.82, 2.24) is 10.2 Å². The number of amides is 2. The second kappa shape index (κ2) is 9.91. The number of carbonyl (C=O) groups is 2. The molecule has 2 rings (SSSR count). The number of hydrogen-bond donors (Lipinski definition) is 1. The molecule has 0 aromatic carbocycles. The average Bonchev–Trinajstić information content (AvgIpc) is 3.27.